The molecule has 5 nitrogen and oxygen atoms in total. The van der Waals surface area contributed by atoms with Gasteiger partial charge in [0.25, 0.3) is 0 Å². The lowest BCUT2D eigenvalue weighted by molar-refractivity contribution is -0.113. The van der Waals surface area contributed by atoms with Crippen LogP contribution in [0.1, 0.15) is 0 Å². The van der Waals surface area contributed by atoms with Crippen LogP contribution in [0.4, 0.5) is 5.69 Å². The molecule has 0 spiro atoms. The standard InChI is InChI=1S/C15H13N3O2S2/c1-20-10-4-2-5-11(8-10)21-9-14(19)16-12-6-3-7-13-15(12)18-22-17-13/h2-8H,9H2,1H3,(H,16,19). The van der Waals surface area contributed by atoms with Gasteiger partial charge in [-0.1, -0.05) is 12.1 Å². The van der Waals surface area contributed by atoms with Gasteiger partial charge >= 0.3 is 0 Å². The van der Waals surface area contributed by atoms with Crippen LogP contribution in [0.2, 0.25) is 0 Å². The van der Waals surface area contributed by atoms with E-state index in [9.17, 15) is 4.79 Å². The largest absolute Gasteiger partial charge is 0.497 e. The van der Waals surface area contributed by atoms with E-state index in [4.69, 9.17) is 4.74 Å². The molecule has 0 aliphatic heterocycles. The molecule has 112 valence electrons. The third-order valence-electron chi connectivity index (χ3n) is 2.97. The fourth-order valence-electron chi connectivity index (χ4n) is 1.93. The van der Waals surface area contributed by atoms with Crippen molar-refractivity contribution in [2.75, 3.05) is 18.2 Å². The summed E-state index contributed by atoms with van der Waals surface area (Å²) in [5.74, 6) is 1.03. The molecule has 1 aromatic heterocycles. The molecule has 0 atom stereocenters. The van der Waals surface area contributed by atoms with Gasteiger partial charge in [0.15, 0.2) is 0 Å². The summed E-state index contributed by atoms with van der Waals surface area (Å²) in [6.07, 6.45) is 0. The Bertz CT molecular complexity index is 804. The van der Waals surface area contributed by atoms with Crippen molar-refractivity contribution >= 4 is 46.1 Å². The molecule has 22 heavy (non-hydrogen) atoms. The van der Waals surface area contributed by atoms with Gasteiger partial charge in [-0.3, -0.25) is 4.79 Å². The molecular weight excluding hydrogens is 318 g/mol. The van der Waals surface area contributed by atoms with Crippen LogP contribution in [0.3, 0.4) is 0 Å². The fraction of sp³-hybridized carbons (Fsp3) is 0.133. The summed E-state index contributed by atoms with van der Waals surface area (Å²) in [4.78, 5) is 13.1. The van der Waals surface area contributed by atoms with Crippen molar-refractivity contribution in [2.24, 2.45) is 0 Å². The Balaban J connectivity index is 1.64. The Morgan fingerprint density at radius 1 is 1.27 bits per heavy atom. The summed E-state index contributed by atoms with van der Waals surface area (Å²) in [6.45, 7) is 0. The first kappa shape index (κ1) is 14.8. The second-order valence-corrected chi connectivity index (χ2v) is 6.03. The van der Waals surface area contributed by atoms with Crippen LogP contribution >= 0.6 is 23.5 Å². The maximum Gasteiger partial charge on any atom is 0.234 e. The number of ether oxygens (including phenoxy) is 1. The lowest BCUT2D eigenvalue weighted by Crippen LogP contribution is -2.14. The van der Waals surface area contributed by atoms with E-state index in [2.05, 4.69) is 14.1 Å². The number of amides is 1. The van der Waals surface area contributed by atoms with Crippen molar-refractivity contribution in [2.45, 2.75) is 4.90 Å². The van der Waals surface area contributed by atoms with Gasteiger partial charge in [-0.05, 0) is 30.3 Å². The molecular formula is C15H13N3O2S2. The summed E-state index contributed by atoms with van der Waals surface area (Å²) < 4.78 is 13.5. The van der Waals surface area contributed by atoms with E-state index in [1.165, 1.54) is 11.8 Å². The lowest BCUT2D eigenvalue weighted by Gasteiger charge is -2.06. The number of hydrogen-bond donors (Lipinski definition) is 1. The highest BCUT2D eigenvalue weighted by molar-refractivity contribution is 8.00. The number of methoxy groups -OCH3 is 1. The number of nitrogens with one attached hydrogen (secondary N) is 1. The molecule has 0 aliphatic rings. The summed E-state index contributed by atoms with van der Waals surface area (Å²) in [5.41, 5.74) is 2.22. The Labute approximate surface area is 136 Å². The van der Waals surface area contributed by atoms with Crippen molar-refractivity contribution in [1.29, 1.82) is 0 Å². The number of nitrogens with zero attached hydrogens (tertiary/aromatic N) is 2. The van der Waals surface area contributed by atoms with Crippen molar-refractivity contribution < 1.29 is 9.53 Å². The molecule has 1 heterocycles. The molecule has 2 aromatic carbocycles. The van der Waals surface area contributed by atoms with E-state index in [-0.39, 0.29) is 5.91 Å². The van der Waals surface area contributed by atoms with Gasteiger partial charge in [-0.25, -0.2) is 0 Å². The molecule has 1 N–H and O–H groups in total. The molecule has 0 aliphatic carbocycles. The van der Waals surface area contributed by atoms with Crippen LogP contribution in [-0.4, -0.2) is 27.5 Å². The minimum atomic E-state index is -0.0756. The molecule has 0 fully saturated rings. The number of rotatable bonds is 5. The van der Waals surface area contributed by atoms with Crippen LogP contribution in [0.25, 0.3) is 11.0 Å². The molecule has 3 aromatic rings. The monoisotopic (exact) mass is 331 g/mol. The summed E-state index contributed by atoms with van der Waals surface area (Å²) in [5, 5.41) is 2.88. The van der Waals surface area contributed by atoms with Gasteiger partial charge in [-0.2, -0.15) is 8.75 Å². The van der Waals surface area contributed by atoms with Crippen LogP contribution in [0.5, 0.6) is 5.75 Å². The Hall–Kier alpha value is -2.12. The minimum absolute atomic E-state index is 0.0756. The zero-order valence-corrected chi connectivity index (χ0v) is 13.4. The van der Waals surface area contributed by atoms with Crippen LogP contribution in [0.15, 0.2) is 47.4 Å². The van der Waals surface area contributed by atoms with Crippen LogP contribution in [0, 0.1) is 0 Å². The van der Waals surface area contributed by atoms with E-state index in [0.29, 0.717) is 11.4 Å². The molecule has 1 amide bonds. The number of carbonyl (C=O) groups excluding carboxylic acids is 1. The SMILES string of the molecule is COc1cccc(SCC(=O)Nc2cccc3nsnc23)c1. The Kier molecular flexibility index (Phi) is 4.55. The number of hydrogen-bond acceptors (Lipinski definition) is 6. The molecule has 0 radical (unpaired) electrons. The molecule has 0 saturated heterocycles. The quantitative estimate of drug-likeness (QED) is 0.726. The number of aromatic nitrogens is 2. The van der Waals surface area contributed by atoms with E-state index in [1.807, 2.05) is 42.5 Å². The predicted octanol–water partition coefficient (Wildman–Crippen LogP) is 3.43. The third-order valence-corrected chi connectivity index (χ3v) is 4.51. The summed E-state index contributed by atoms with van der Waals surface area (Å²) in [7, 11) is 1.62. The smallest absolute Gasteiger partial charge is 0.234 e. The normalized spacial score (nSPS) is 10.6. The van der Waals surface area contributed by atoms with Crippen molar-refractivity contribution in [3.63, 3.8) is 0 Å². The number of benzene rings is 2. The number of carbonyl (C=O) groups is 1. The van der Waals surface area contributed by atoms with Gasteiger partial charge in [0.2, 0.25) is 5.91 Å². The number of anilines is 1. The van der Waals surface area contributed by atoms with Crippen molar-refractivity contribution in [1.82, 2.24) is 8.75 Å². The van der Waals surface area contributed by atoms with Crippen molar-refractivity contribution in [3.8, 4) is 5.75 Å². The second kappa shape index (κ2) is 6.76. The van der Waals surface area contributed by atoms with Gasteiger partial charge in [0, 0.05) is 4.90 Å². The second-order valence-electron chi connectivity index (χ2n) is 4.45. The molecule has 0 bridgehead atoms. The van der Waals surface area contributed by atoms with Gasteiger partial charge in [0.1, 0.15) is 16.8 Å². The predicted molar refractivity (Wildman–Crippen MR) is 89.8 cm³/mol. The highest BCUT2D eigenvalue weighted by Gasteiger charge is 2.09. The van der Waals surface area contributed by atoms with Crippen LogP contribution in [-0.2, 0) is 4.79 Å². The fourth-order valence-corrected chi connectivity index (χ4v) is 3.23. The maximum absolute atomic E-state index is 12.1. The first-order valence-electron chi connectivity index (χ1n) is 6.54. The van der Waals surface area contributed by atoms with Gasteiger partial charge < -0.3 is 10.1 Å². The molecule has 0 saturated carbocycles. The average Bonchev–Trinajstić information content (AvgIpc) is 3.03. The first-order chi connectivity index (χ1) is 10.8. The first-order valence-corrected chi connectivity index (χ1v) is 8.26. The molecule has 7 heteroatoms. The van der Waals surface area contributed by atoms with Gasteiger partial charge in [0.05, 0.1) is 30.3 Å². The Morgan fingerprint density at radius 3 is 3.00 bits per heavy atom. The molecule has 3 rings (SSSR count). The number of thioether (sulfide) groups is 1. The summed E-state index contributed by atoms with van der Waals surface area (Å²) >= 11 is 2.60. The topological polar surface area (TPSA) is 64.1 Å². The van der Waals surface area contributed by atoms with Crippen molar-refractivity contribution in [3.05, 3.63) is 42.5 Å². The van der Waals surface area contributed by atoms with E-state index < -0.39 is 0 Å². The minimum Gasteiger partial charge on any atom is -0.497 e. The highest BCUT2D eigenvalue weighted by atomic mass is 32.2. The van der Waals surface area contributed by atoms with Gasteiger partial charge in [-0.15, -0.1) is 11.8 Å². The molecule has 0 unspecified atom stereocenters. The van der Waals surface area contributed by atoms with E-state index in [1.54, 1.807) is 7.11 Å². The maximum atomic E-state index is 12.1. The zero-order chi connectivity index (χ0) is 15.4. The Morgan fingerprint density at radius 2 is 2.14 bits per heavy atom. The summed E-state index contributed by atoms with van der Waals surface area (Å²) in [6, 6.07) is 13.2. The average molecular weight is 331 g/mol. The van der Waals surface area contributed by atoms with Crippen LogP contribution < -0.4 is 10.1 Å². The zero-order valence-electron chi connectivity index (χ0n) is 11.8. The van der Waals surface area contributed by atoms with E-state index in [0.717, 1.165) is 33.4 Å². The highest BCUT2D eigenvalue weighted by Crippen LogP contribution is 2.24. The lowest BCUT2D eigenvalue weighted by atomic mass is 10.2. The van der Waals surface area contributed by atoms with E-state index >= 15 is 0 Å². The third kappa shape index (κ3) is 3.37. The number of fused-ring (bicyclic) bond motifs is 1.